The lowest BCUT2D eigenvalue weighted by Gasteiger charge is -2.10. The molecular weight excluding hydrogens is 342 g/mol. The molecule has 0 aliphatic rings. The molecule has 0 rings (SSSR count). The molecule has 0 bridgehead atoms. The van der Waals surface area contributed by atoms with Crippen LogP contribution >= 0.6 is 0 Å². The van der Waals surface area contributed by atoms with E-state index in [9.17, 15) is 14.7 Å². The first-order valence-electron chi connectivity index (χ1n) is 11.2. The highest BCUT2D eigenvalue weighted by Crippen LogP contribution is 2.14. The molecule has 0 radical (unpaired) electrons. The fourth-order valence-electron chi connectivity index (χ4n) is 3.23. The summed E-state index contributed by atoms with van der Waals surface area (Å²) >= 11 is 0. The molecule has 0 heterocycles. The molecule has 160 valence electrons. The molecule has 1 atom stereocenters. The van der Waals surface area contributed by atoms with E-state index in [1.165, 1.54) is 51.4 Å². The second-order valence-corrected chi connectivity index (χ2v) is 7.72. The van der Waals surface area contributed by atoms with Crippen molar-refractivity contribution < 1.29 is 19.8 Å². The highest BCUT2D eigenvalue weighted by atomic mass is 16.4. The molecule has 0 saturated carbocycles. The van der Waals surface area contributed by atoms with Crippen LogP contribution in [0.15, 0.2) is 0 Å². The number of rotatable bonds is 20. The number of hydrogen-bond donors (Lipinski definition) is 3. The first-order chi connectivity index (χ1) is 13.1. The summed E-state index contributed by atoms with van der Waals surface area (Å²) in [6.45, 7) is 2.67. The first kappa shape index (κ1) is 25.9. The van der Waals surface area contributed by atoms with Gasteiger partial charge in [-0.3, -0.25) is 9.59 Å². The number of nitrogens with one attached hydrogen (secondary N) is 1. The Bertz CT molecular complexity index is 360. The van der Waals surface area contributed by atoms with Gasteiger partial charge < -0.3 is 15.5 Å². The number of aliphatic hydroxyl groups is 1. The standard InChI is InChI=1S/C22H43NO4/c1-2-3-4-11-15-20(24)16-12-9-7-5-6-8-10-13-17-21(25)23-19-14-18-22(26)27/h20,24H,2-19H2,1H3,(H,23,25)(H,26,27). The quantitative estimate of drug-likeness (QED) is 0.251. The maximum atomic E-state index is 11.6. The summed E-state index contributed by atoms with van der Waals surface area (Å²) in [6.07, 6.45) is 17.1. The highest BCUT2D eigenvalue weighted by Gasteiger charge is 2.04. The Morgan fingerprint density at radius 2 is 1.26 bits per heavy atom. The van der Waals surface area contributed by atoms with E-state index in [4.69, 9.17) is 5.11 Å². The van der Waals surface area contributed by atoms with Crippen molar-refractivity contribution in [3.8, 4) is 0 Å². The zero-order chi connectivity index (χ0) is 20.2. The molecule has 0 fully saturated rings. The van der Waals surface area contributed by atoms with Crippen LogP contribution < -0.4 is 5.32 Å². The van der Waals surface area contributed by atoms with Gasteiger partial charge in [-0.25, -0.2) is 0 Å². The Labute approximate surface area is 166 Å². The summed E-state index contributed by atoms with van der Waals surface area (Å²) < 4.78 is 0. The van der Waals surface area contributed by atoms with Gasteiger partial charge in [0.05, 0.1) is 6.10 Å². The van der Waals surface area contributed by atoms with E-state index < -0.39 is 5.97 Å². The van der Waals surface area contributed by atoms with Gasteiger partial charge in [0, 0.05) is 19.4 Å². The van der Waals surface area contributed by atoms with Crippen molar-refractivity contribution in [1.29, 1.82) is 0 Å². The number of carbonyl (C=O) groups excluding carboxylic acids is 1. The van der Waals surface area contributed by atoms with Crippen molar-refractivity contribution in [3.05, 3.63) is 0 Å². The molecule has 1 amide bonds. The third kappa shape index (κ3) is 21.1. The molecule has 27 heavy (non-hydrogen) atoms. The third-order valence-corrected chi connectivity index (χ3v) is 4.97. The molecule has 0 saturated heterocycles. The third-order valence-electron chi connectivity index (χ3n) is 4.97. The smallest absolute Gasteiger partial charge is 0.303 e. The monoisotopic (exact) mass is 385 g/mol. The van der Waals surface area contributed by atoms with Crippen LogP contribution in [0.4, 0.5) is 0 Å². The second kappa shape index (κ2) is 19.7. The Hall–Kier alpha value is -1.10. The lowest BCUT2D eigenvalue weighted by atomic mass is 10.0. The summed E-state index contributed by atoms with van der Waals surface area (Å²) in [5.41, 5.74) is 0. The van der Waals surface area contributed by atoms with Crippen LogP contribution in [0.2, 0.25) is 0 Å². The second-order valence-electron chi connectivity index (χ2n) is 7.72. The van der Waals surface area contributed by atoms with Crippen molar-refractivity contribution in [3.63, 3.8) is 0 Å². The van der Waals surface area contributed by atoms with Crippen molar-refractivity contribution in [2.45, 2.75) is 122 Å². The number of amides is 1. The minimum absolute atomic E-state index is 0.0358. The average molecular weight is 386 g/mol. The van der Waals surface area contributed by atoms with Gasteiger partial charge in [-0.15, -0.1) is 0 Å². The topological polar surface area (TPSA) is 86.6 Å². The van der Waals surface area contributed by atoms with E-state index in [2.05, 4.69) is 12.2 Å². The Balaban J connectivity index is 3.24. The Morgan fingerprint density at radius 3 is 1.81 bits per heavy atom. The van der Waals surface area contributed by atoms with Crippen molar-refractivity contribution in [1.82, 2.24) is 5.32 Å². The van der Waals surface area contributed by atoms with Crippen molar-refractivity contribution >= 4 is 11.9 Å². The van der Waals surface area contributed by atoms with E-state index in [1.54, 1.807) is 0 Å². The molecular formula is C22H43NO4. The largest absolute Gasteiger partial charge is 0.481 e. The van der Waals surface area contributed by atoms with E-state index in [0.29, 0.717) is 19.4 Å². The summed E-state index contributed by atoms with van der Waals surface area (Å²) in [4.78, 5) is 21.9. The van der Waals surface area contributed by atoms with Crippen LogP contribution in [0, 0.1) is 0 Å². The summed E-state index contributed by atoms with van der Waals surface area (Å²) in [6, 6.07) is 0. The molecule has 0 aromatic carbocycles. The SMILES string of the molecule is CCCCCCC(O)CCCCCCCCCCC(=O)NCCCC(=O)O. The van der Waals surface area contributed by atoms with Crippen LogP contribution in [-0.4, -0.2) is 34.7 Å². The predicted molar refractivity (Wildman–Crippen MR) is 111 cm³/mol. The molecule has 0 aromatic heterocycles. The maximum absolute atomic E-state index is 11.6. The lowest BCUT2D eigenvalue weighted by molar-refractivity contribution is -0.137. The van der Waals surface area contributed by atoms with E-state index in [0.717, 1.165) is 38.5 Å². The highest BCUT2D eigenvalue weighted by molar-refractivity contribution is 5.75. The van der Waals surface area contributed by atoms with Gasteiger partial charge in [0.25, 0.3) is 0 Å². The van der Waals surface area contributed by atoms with Gasteiger partial charge in [-0.2, -0.15) is 0 Å². The van der Waals surface area contributed by atoms with Crippen LogP contribution in [0.1, 0.15) is 116 Å². The van der Waals surface area contributed by atoms with E-state index >= 15 is 0 Å². The fourth-order valence-corrected chi connectivity index (χ4v) is 3.23. The minimum atomic E-state index is -0.817. The number of carbonyl (C=O) groups is 2. The molecule has 0 aliphatic carbocycles. The first-order valence-corrected chi connectivity index (χ1v) is 11.2. The average Bonchev–Trinajstić information content (AvgIpc) is 2.63. The molecule has 0 aliphatic heterocycles. The number of aliphatic hydroxyl groups excluding tert-OH is 1. The lowest BCUT2D eigenvalue weighted by Crippen LogP contribution is -2.24. The zero-order valence-corrected chi connectivity index (χ0v) is 17.5. The molecule has 3 N–H and O–H groups in total. The van der Waals surface area contributed by atoms with Gasteiger partial charge in [0.2, 0.25) is 5.91 Å². The molecule has 5 heteroatoms. The Morgan fingerprint density at radius 1 is 0.741 bits per heavy atom. The van der Waals surface area contributed by atoms with Crippen LogP contribution in [-0.2, 0) is 9.59 Å². The number of aliphatic carboxylic acids is 1. The summed E-state index contributed by atoms with van der Waals surface area (Å²) in [5.74, 6) is -0.781. The number of hydrogen-bond acceptors (Lipinski definition) is 3. The minimum Gasteiger partial charge on any atom is -0.481 e. The van der Waals surface area contributed by atoms with Crippen LogP contribution in [0.25, 0.3) is 0 Å². The van der Waals surface area contributed by atoms with Gasteiger partial charge in [-0.05, 0) is 25.7 Å². The molecule has 5 nitrogen and oxygen atoms in total. The fraction of sp³-hybridized carbons (Fsp3) is 0.909. The molecule has 0 spiro atoms. The van der Waals surface area contributed by atoms with Crippen molar-refractivity contribution in [2.24, 2.45) is 0 Å². The normalized spacial score (nSPS) is 12.1. The van der Waals surface area contributed by atoms with Crippen LogP contribution in [0.5, 0.6) is 0 Å². The Kier molecular flexibility index (Phi) is 18.9. The van der Waals surface area contributed by atoms with Crippen LogP contribution in [0.3, 0.4) is 0 Å². The van der Waals surface area contributed by atoms with Crippen molar-refractivity contribution in [2.75, 3.05) is 6.54 Å². The number of carboxylic acids is 1. The van der Waals surface area contributed by atoms with Gasteiger partial charge in [0.1, 0.15) is 0 Å². The number of carboxylic acid groups (broad SMARTS) is 1. The van der Waals surface area contributed by atoms with Gasteiger partial charge in [-0.1, -0.05) is 77.6 Å². The van der Waals surface area contributed by atoms with E-state index in [1.807, 2.05) is 0 Å². The zero-order valence-electron chi connectivity index (χ0n) is 17.5. The molecule has 0 aromatic rings. The number of unbranched alkanes of at least 4 members (excludes halogenated alkanes) is 10. The summed E-state index contributed by atoms with van der Waals surface area (Å²) in [5, 5.41) is 21.2. The van der Waals surface area contributed by atoms with E-state index in [-0.39, 0.29) is 18.4 Å². The van der Waals surface area contributed by atoms with Gasteiger partial charge in [0.15, 0.2) is 0 Å². The van der Waals surface area contributed by atoms with Gasteiger partial charge >= 0.3 is 5.97 Å². The molecule has 1 unspecified atom stereocenters. The predicted octanol–water partition coefficient (Wildman–Crippen LogP) is 5.20. The maximum Gasteiger partial charge on any atom is 0.303 e. The summed E-state index contributed by atoms with van der Waals surface area (Å²) in [7, 11) is 0.